The summed E-state index contributed by atoms with van der Waals surface area (Å²) >= 11 is 0. The average molecular weight is 539 g/mol. The van der Waals surface area contributed by atoms with E-state index in [9.17, 15) is 39.0 Å². The van der Waals surface area contributed by atoms with E-state index in [-0.39, 0.29) is 48.7 Å². The molecule has 0 heterocycles. The second-order valence-electron chi connectivity index (χ2n) is 12.8. The van der Waals surface area contributed by atoms with Crippen LogP contribution >= 0.6 is 0 Å². The second kappa shape index (κ2) is 9.29. The van der Waals surface area contributed by atoms with Gasteiger partial charge in [-0.05, 0) is 67.6 Å². The number of ketones is 6. The minimum Gasteiger partial charge on any atom is -0.507 e. The molecule has 3 aliphatic carbocycles. The Morgan fingerprint density at radius 2 is 1.67 bits per heavy atom. The minimum atomic E-state index is -2.71. The topological polar surface area (TPSA) is 143 Å². The number of carbonyl (C=O) groups excluding carboxylic acids is 6. The van der Waals surface area contributed by atoms with Crippen LogP contribution in [0, 0.1) is 34.5 Å². The Morgan fingerprint density at radius 3 is 2.18 bits per heavy atom. The van der Waals surface area contributed by atoms with Gasteiger partial charge in [0.2, 0.25) is 0 Å². The van der Waals surface area contributed by atoms with Crippen molar-refractivity contribution in [3.05, 3.63) is 28.3 Å². The molecule has 2 fully saturated rings. The summed E-state index contributed by atoms with van der Waals surface area (Å²) in [6.07, 6.45) is 1.20. The molecule has 4 rings (SSSR count). The zero-order valence-electron chi connectivity index (χ0n) is 23.8. The van der Waals surface area contributed by atoms with Crippen molar-refractivity contribution in [3.63, 3.8) is 0 Å². The van der Waals surface area contributed by atoms with Gasteiger partial charge in [-0.1, -0.05) is 40.7 Å². The van der Waals surface area contributed by atoms with E-state index in [1.807, 2.05) is 6.92 Å². The van der Waals surface area contributed by atoms with E-state index in [1.54, 1.807) is 33.8 Å². The molecule has 0 spiro atoms. The molecule has 8 heteroatoms. The van der Waals surface area contributed by atoms with Crippen LogP contribution in [0.5, 0.6) is 5.75 Å². The van der Waals surface area contributed by atoms with E-state index in [2.05, 4.69) is 0 Å². The van der Waals surface area contributed by atoms with Crippen molar-refractivity contribution in [2.75, 3.05) is 0 Å². The first kappa shape index (κ1) is 29.0. The Hall–Kier alpha value is -3.00. The Bertz CT molecular complexity index is 1340. The molecule has 0 aromatic heterocycles. The van der Waals surface area contributed by atoms with Gasteiger partial charge in [-0.2, -0.15) is 0 Å². The monoisotopic (exact) mass is 538 g/mol. The summed E-state index contributed by atoms with van der Waals surface area (Å²) in [7, 11) is 0. The molecule has 0 saturated heterocycles. The van der Waals surface area contributed by atoms with Gasteiger partial charge in [0.15, 0.2) is 28.7 Å². The van der Waals surface area contributed by atoms with Gasteiger partial charge >= 0.3 is 0 Å². The Morgan fingerprint density at radius 1 is 1.05 bits per heavy atom. The number of fused-ring (bicyclic) bond motifs is 3. The average Bonchev–Trinajstić information content (AvgIpc) is 2.80. The van der Waals surface area contributed by atoms with E-state index >= 15 is 0 Å². The normalized spacial score (nSPS) is 34.0. The molecule has 3 unspecified atom stereocenters. The molecule has 0 radical (unpaired) electrons. The fourth-order valence-corrected chi connectivity index (χ4v) is 8.16. The predicted molar refractivity (Wildman–Crippen MR) is 141 cm³/mol. The highest BCUT2D eigenvalue weighted by molar-refractivity contribution is 6.32. The van der Waals surface area contributed by atoms with Crippen LogP contribution in [0.3, 0.4) is 0 Å². The number of phenolic OH excluding ortho intramolecular Hbond substituents is 1. The van der Waals surface area contributed by atoms with E-state index in [0.29, 0.717) is 17.5 Å². The van der Waals surface area contributed by atoms with Crippen LogP contribution in [0.2, 0.25) is 0 Å². The van der Waals surface area contributed by atoms with Gasteiger partial charge in [0.25, 0.3) is 0 Å². The SMILES string of the molecule is CCc1cc(CCC(C)=O)c(O)c2c1C[C@]1(C)C[C@]3(C)C(C(C)C)C(=O)C(C(C)=O)C(=O)[C@]3(O)C(=O)C1C2=O. The van der Waals surface area contributed by atoms with Crippen molar-refractivity contribution >= 4 is 34.7 Å². The first-order valence-corrected chi connectivity index (χ1v) is 13.7. The van der Waals surface area contributed by atoms with Crippen LogP contribution in [0.4, 0.5) is 0 Å². The standard InChI is InChI=1S/C31H38O8/c1-8-17-11-18(10-9-15(4)32)24(34)21-19(17)12-29(6)13-30(7)22(14(2)3)25(35)20(16(5)33)27(37)31(30,39)28(38)23(29)26(21)36/h11,14,20,22-23,34,39H,8-10,12-13H2,1-7H3/t20?,22?,23?,29-,30-,31+/m1/s1. The highest BCUT2D eigenvalue weighted by Crippen LogP contribution is 2.64. The van der Waals surface area contributed by atoms with Gasteiger partial charge in [0, 0.05) is 17.8 Å². The quantitative estimate of drug-likeness (QED) is 0.526. The first-order valence-electron chi connectivity index (χ1n) is 13.7. The molecule has 8 nitrogen and oxygen atoms in total. The molecule has 2 saturated carbocycles. The highest BCUT2D eigenvalue weighted by atomic mass is 16.3. The Kier molecular flexibility index (Phi) is 6.91. The maximum Gasteiger partial charge on any atom is 0.190 e. The van der Waals surface area contributed by atoms with E-state index in [4.69, 9.17) is 0 Å². The van der Waals surface area contributed by atoms with Crippen molar-refractivity contribution in [1.82, 2.24) is 0 Å². The summed E-state index contributed by atoms with van der Waals surface area (Å²) in [5.74, 6) is -9.08. The van der Waals surface area contributed by atoms with Gasteiger partial charge in [0.05, 0.1) is 11.5 Å². The molecular formula is C31H38O8. The number of hydrogen-bond acceptors (Lipinski definition) is 8. The van der Waals surface area contributed by atoms with Gasteiger partial charge in [0.1, 0.15) is 23.2 Å². The van der Waals surface area contributed by atoms with Crippen LogP contribution in [0.25, 0.3) is 0 Å². The number of rotatable bonds is 6. The number of carbonyl (C=O) groups is 6. The van der Waals surface area contributed by atoms with Crippen molar-refractivity contribution in [1.29, 1.82) is 0 Å². The third-order valence-corrected chi connectivity index (χ3v) is 9.68. The molecule has 210 valence electrons. The molecule has 3 aliphatic rings. The second-order valence-corrected chi connectivity index (χ2v) is 12.8. The van der Waals surface area contributed by atoms with E-state index in [0.717, 1.165) is 12.5 Å². The summed E-state index contributed by atoms with van der Waals surface area (Å²) < 4.78 is 0. The molecule has 1 aromatic carbocycles. The lowest BCUT2D eigenvalue weighted by molar-refractivity contribution is -0.205. The van der Waals surface area contributed by atoms with Crippen LogP contribution in [0.15, 0.2) is 6.07 Å². The maximum atomic E-state index is 14.3. The van der Waals surface area contributed by atoms with Crippen LogP contribution in [-0.2, 0) is 43.2 Å². The Balaban J connectivity index is 1.96. The molecule has 1 aromatic rings. The third-order valence-electron chi connectivity index (χ3n) is 9.68. The van der Waals surface area contributed by atoms with Gasteiger partial charge < -0.3 is 15.0 Å². The molecule has 6 atom stereocenters. The van der Waals surface area contributed by atoms with Gasteiger partial charge in [-0.15, -0.1) is 0 Å². The first-order chi connectivity index (χ1) is 18.0. The predicted octanol–water partition coefficient (Wildman–Crippen LogP) is 3.18. The largest absolute Gasteiger partial charge is 0.507 e. The fourth-order valence-electron chi connectivity index (χ4n) is 8.16. The van der Waals surface area contributed by atoms with Crippen LogP contribution in [-0.4, -0.2) is 50.5 Å². The number of aromatic hydroxyl groups is 1. The fraction of sp³-hybridized carbons (Fsp3) is 0.613. The molecular weight excluding hydrogens is 500 g/mol. The number of aliphatic hydroxyl groups is 1. The highest BCUT2D eigenvalue weighted by Gasteiger charge is 2.76. The summed E-state index contributed by atoms with van der Waals surface area (Å²) in [5, 5.41) is 23.3. The summed E-state index contributed by atoms with van der Waals surface area (Å²) in [6, 6.07) is 1.80. The molecule has 2 N–H and O–H groups in total. The maximum absolute atomic E-state index is 14.3. The van der Waals surface area contributed by atoms with Crippen molar-refractivity contribution < 1.29 is 39.0 Å². The van der Waals surface area contributed by atoms with Crippen molar-refractivity contribution in [2.45, 2.75) is 86.2 Å². The van der Waals surface area contributed by atoms with Crippen LogP contribution < -0.4 is 0 Å². The third kappa shape index (κ3) is 3.81. The molecule has 39 heavy (non-hydrogen) atoms. The summed E-state index contributed by atoms with van der Waals surface area (Å²) in [6.45, 7) is 11.3. The number of hydrogen-bond donors (Lipinski definition) is 2. The van der Waals surface area contributed by atoms with E-state index < -0.39 is 63.1 Å². The summed E-state index contributed by atoms with van der Waals surface area (Å²) in [4.78, 5) is 79.8. The summed E-state index contributed by atoms with van der Waals surface area (Å²) in [5.41, 5.74) is -3.42. The number of benzene rings is 1. The zero-order valence-corrected chi connectivity index (χ0v) is 23.8. The lowest BCUT2D eigenvalue weighted by Gasteiger charge is -2.62. The number of aryl methyl sites for hydroxylation is 2. The number of Topliss-reactive ketones (excluding diaryl/α,β-unsaturated/α-hetero) is 6. The zero-order chi connectivity index (χ0) is 29.4. The molecule has 0 aliphatic heterocycles. The minimum absolute atomic E-state index is 0.00112. The van der Waals surface area contributed by atoms with Crippen LogP contribution in [0.1, 0.15) is 88.4 Å². The lowest BCUT2D eigenvalue weighted by Crippen LogP contribution is -2.76. The van der Waals surface area contributed by atoms with Gasteiger partial charge in [-0.3, -0.25) is 24.0 Å². The molecule has 0 amide bonds. The van der Waals surface area contributed by atoms with Gasteiger partial charge in [-0.25, -0.2) is 0 Å². The van der Waals surface area contributed by atoms with Crippen molar-refractivity contribution in [3.8, 4) is 5.75 Å². The lowest BCUT2D eigenvalue weighted by atomic mass is 9.39. The molecule has 0 bridgehead atoms. The Labute approximate surface area is 228 Å². The van der Waals surface area contributed by atoms with Crippen molar-refractivity contribution in [2.24, 2.45) is 34.5 Å². The smallest absolute Gasteiger partial charge is 0.190 e. The van der Waals surface area contributed by atoms with E-state index in [1.165, 1.54) is 6.92 Å². The number of phenols is 1.